The third-order valence-corrected chi connectivity index (χ3v) is 4.52. The van der Waals surface area contributed by atoms with Crippen LogP contribution in [-0.4, -0.2) is 54.1 Å². The molecule has 1 aromatic rings. The Hall–Kier alpha value is -1.06. The second-order valence-corrected chi connectivity index (χ2v) is 8.69. The van der Waals surface area contributed by atoms with Crippen LogP contribution in [0.5, 0.6) is 0 Å². The second kappa shape index (κ2) is 8.16. The molecule has 0 fully saturated rings. The number of tetrazole rings is 1. The third-order valence-electron chi connectivity index (χ3n) is 3.83. The molecule has 0 aliphatic heterocycles. The Balaban J connectivity index is 2.87. The number of sulfonamides is 1. The average molecular weight is 347 g/mol. The van der Waals surface area contributed by atoms with Crippen molar-refractivity contribution in [3.8, 4) is 0 Å². The van der Waals surface area contributed by atoms with Crippen LogP contribution in [0.15, 0.2) is 0 Å². The Morgan fingerprint density at radius 1 is 1.35 bits per heavy atom. The highest BCUT2D eigenvalue weighted by Gasteiger charge is 2.35. The van der Waals surface area contributed by atoms with Crippen molar-refractivity contribution in [3.05, 3.63) is 5.82 Å². The third kappa shape index (κ3) is 6.92. The summed E-state index contributed by atoms with van der Waals surface area (Å²) in [5.74, 6) is 0.820. The maximum atomic E-state index is 11.4. The lowest BCUT2D eigenvalue weighted by atomic mass is 9.77. The van der Waals surface area contributed by atoms with Gasteiger partial charge in [-0.15, -0.1) is 10.2 Å². The first-order valence-electron chi connectivity index (χ1n) is 7.88. The van der Waals surface area contributed by atoms with Crippen LogP contribution in [0, 0.1) is 5.41 Å². The predicted octanol–water partition coefficient (Wildman–Crippen LogP) is 1.45. The minimum Gasteiger partial charge on any atom is -0.374 e. The topological polar surface area (TPSA) is 110 Å². The van der Waals surface area contributed by atoms with Crippen LogP contribution in [-0.2, 0) is 14.8 Å². The SMILES string of the molecule is CCC(CC(C)(C)C(CNS(C)(=O)=O)OC(C)C)c1nn[nH]n1. The largest absolute Gasteiger partial charge is 0.374 e. The number of nitrogens with one attached hydrogen (secondary N) is 2. The number of aromatic amines is 1. The first-order valence-corrected chi connectivity index (χ1v) is 9.77. The van der Waals surface area contributed by atoms with Crippen molar-refractivity contribution in [2.45, 2.75) is 65.6 Å². The molecule has 0 spiro atoms. The zero-order valence-corrected chi connectivity index (χ0v) is 15.6. The van der Waals surface area contributed by atoms with E-state index < -0.39 is 10.0 Å². The van der Waals surface area contributed by atoms with Crippen LogP contribution in [0.2, 0.25) is 0 Å². The number of rotatable bonds is 10. The smallest absolute Gasteiger partial charge is 0.208 e. The summed E-state index contributed by atoms with van der Waals surface area (Å²) in [7, 11) is -3.26. The lowest BCUT2D eigenvalue weighted by Gasteiger charge is -2.37. The fourth-order valence-electron chi connectivity index (χ4n) is 2.59. The van der Waals surface area contributed by atoms with E-state index >= 15 is 0 Å². The molecular weight excluding hydrogens is 318 g/mol. The van der Waals surface area contributed by atoms with E-state index in [1.807, 2.05) is 13.8 Å². The van der Waals surface area contributed by atoms with Gasteiger partial charge in [0.25, 0.3) is 0 Å². The maximum absolute atomic E-state index is 11.4. The van der Waals surface area contributed by atoms with Crippen molar-refractivity contribution < 1.29 is 13.2 Å². The lowest BCUT2D eigenvalue weighted by Crippen LogP contribution is -2.44. The molecule has 0 aromatic carbocycles. The summed E-state index contributed by atoms with van der Waals surface area (Å²) in [4.78, 5) is 0. The molecule has 23 heavy (non-hydrogen) atoms. The van der Waals surface area contributed by atoms with Gasteiger partial charge in [0.2, 0.25) is 10.0 Å². The zero-order valence-electron chi connectivity index (χ0n) is 14.8. The van der Waals surface area contributed by atoms with E-state index in [9.17, 15) is 8.42 Å². The highest BCUT2D eigenvalue weighted by atomic mass is 32.2. The molecule has 2 unspecified atom stereocenters. The van der Waals surface area contributed by atoms with Crippen molar-refractivity contribution in [1.29, 1.82) is 0 Å². The number of hydrogen-bond donors (Lipinski definition) is 2. The zero-order chi connectivity index (χ0) is 17.7. The molecule has 9 heteroatoms. The summed E-state index contributed by atoms with van der Waals surface area (Å²) >= 11 is 0. The summed E-state index contributed by atoms with van der Waals surface area (Å²) in [5.41, 5.74) is -0.261. The van der Waals surface area contributed by atoms with Crippen molar-refractivity contribution in [2.75, 3.05) is 12.8 Å². The van der Waals surface area contributed by atoms with Gasteiger partial charge in [0.1, 0.15) is 0 Å². The van der Waals surface area contributed by atoms with Crippen LogP contribution < -0.4 is 4.72 Å². The Kier molecular flexibility index (Phi) is 7.09. The molecule has 134 valence electrons. The van der Waals surface area contributed by atoms with E-state index in [0.717, 1.165) is 19.1 Å². The molecule has 1 heterocycles. The molecule has 0 amide bonds. The number of H-pyrrole nitrogens is 1. The van der Waals surface area contributed by atoms with E-state index in [1.165, 1.54) is 0 Å². The average Bonchev–Trinajstić information content (AvgIpc) is 2.93. The monoisotopic (exact) mass is 347 g/mol. The second-order valence-electron chi connectivity index (χ2n) is 6.86. The van der Waals surface area contributed by atoms with Crippen molar-refractivity contribution in [2.24, 2.45) is 5.41 Å². The van der Waals surface area contributed by atoms with Gasteiger partial charge >= 0.3 is 0 Å². The molecule has 1 rings (SSSR count). The van der Waals surface area contributed by atoms with Crippen LogP contribution in [0.3, 0.4) is 0 Å². The van der Waals surface area contributed by atoms with Crippen LogP contribution in [0.4, 0.5) is 0 Å². The van der Waals surface area contributed by atoms with Crippen LogP contribution in [0.1, 0.15) is 59.2 Å². The number of hydrogen-bond acceptors (Lipinski definition) is 6. The molecule has 0 saturated heterocycles. The van der Waals surface area contributed by atoms with E-state index in [4.69, 9.17) is 4.74 Å². The molecule has 2 N–H and O–H groups in total. The lowest BCUT2D eigenvalue weighted by molar-refractivity contribution is -0.0597. The van der Waals surface area contributed by atoms with E-state index in [2.05, 4.69) is 46.1 Å². The number of nitrogens with zero attached hydrogens (tertiary/aromatic N) is 3. The highest BCUT2D eigenvalue weighted by Crippen LogP contribution is 2.36. The predicted molar refractivity (Wildman–Crippen MR) is 88.5 cm³/mol. The molecule has 0 bridgehead atoms. The molecule has 8 nitrogen and oxygen atoms in total. The standard InChI is InChI=1S/C14H29N5O3S/c1-7-11(13-16-18-19-17-13)8-14(4,5)12(22-10(2)3)9-15-23(6,20)21/h10-12,15H,7-9H2,1-6H3,(H,16,17,18,19). The van der Waals surface area contributed by atoms with E-state index in [-0.39, 0.29) is 30.1 Å². The molecule has 0 radical (unpaired) electrons. The number of aromatic nitrogens is 4. The fourth-order valence-corrected chi connectivity index (χ4v) is 3.05. The number of ether oxygens (including phenoxy) is 1. The normalized spacial score (nSPS) is 15.8. The van der Waals surface area contributed by atoms with Gasteiger partial charge in [-0.3, -0.25) is 0 Å². The molecule has 0 aliphatic carbocycles. The van der Waals surface area contributed by atoms with Gasteiger partial charge in [0.05, 0.1) is 18.5 Å². The summed E-state index contributed by atoms with van der Waals surface area (Å²) in [6.07, 6.45) is 2.55. The van der Waals surface area contributed by atoms with Gasteiger partial charge in [0, 0.05) is 12.5 Å². The summed E-state index contributed by atoms with van der Waals surface area (Å²) in [6, 6.07) is 0. The molecule has 0 saturated carbocycles. The van der Waals surface area contributed by atoms with Gasteiger partial charge in [-0.1, -0.05) is 26.0 Å². The molecule has 0 aliphatic rings. The minimum atomic E-state index is -3.26. The fraction of sp³-hybridized carbons (Fsp3) is 0.929. The van der Waals surface area contributed by atoms with Gasteiger partial charge in [-0.05, 0) is 32.1 Å². The Morgan fingerprint density at radius 3 is 2.43 bits per heavy atom. The van der Waals surface area contributed by atoms with Gasteiger partial charge in [-0.25, -0.2) is 13.1 Å². The Labute approximate surface area is 138 Å². The van der Waals surface area contributed by atoms with Crippen molar-refractivity contribution in [1.82, 2.24) is 25.3 Å². The summed E-state index contributed by atoms with van der Waals surface area (Å²) < 4.78 is 31.4. The highest BCUT2D eigenvalue weighted by molar-refractivity contribution is 7.88. The van der Waals surface area contributed by atoms with Gasteiger partial charge < -0.3 is 4.74 Å². The van der Waals surface area contributed by atoms with Gasteiger partial charge in [-0.2, -0.15) is 5.21 Å². The molecule has 1 aromatic heterocycles. The van der Waals surface area contributed by atoms with Crippen LogP contribution >= 0.6 is 0 Å². The first kappa shape index (κ1) is 20.0. The van der Waals surface area contributed by atoms with Crippen molar-refractivity contribution in [3.63, 3.8) is 0 Å². The molecule has 2 atom stereocenters. The minimum absolute atomic E-state index is 0.00545. The van der Waals surface area contributed by atoms with Crippen LogP contribution in [0.25, 0.3) is 0 Å². The van der Waals surface area contributed by atoms with E-state index in [0.29, 0.717) is 5.82 Å². The molecular formula is C14H29N5O3S. The Bertz CT molecular complexity index is 557. The summed E-state index contributed by atoms with van der Waals surface area (Å²) in [6.45, 7) is 10.4. The van der Waals surface area contributed by atoms with Gasteiger partial charge in [0.15, 0.2) is 5.82 Å². The van der Waals surface area contributed by atoms with E-state index in [1.54, 1.807) is 0 Å². The van der Waals surface area contributed by atoms with Crippen molar-refractivity contribution >= 4 is 10.0 Å². The first-order chi connectivity index (χ1) is 10.5. The summed E-state index contributed by atoms with van der Waals surface area (Å²) in [5, 5.41) is 14.3. The Morgan fingerprint density at radius 2 is 2.00 bits per heavy atom. The maximum Gasteiger partial charge on any atom is 0.208 e. The quantitative estimate of drug-likeness (QED) is 0.663.